The average Bonchev–Trinajstić information content (AvgIpc) is 3.20. The van der Waals surface area contributed by atoms with E-state index in [9.17, 15) is 19.8 Å². The Bertz CT molecular complexity index is 1320. The maximum atomic E-state index is 11.8. The molecule has 2 aromatic heterocycles. The van der Waals surface area contributed by atoms with Crippen LogP contribution in [0, 0.1) is 25.2 Å². The minimum Gasteiger partial charge on any atom is -0.465 e. The Morgan fingerprint density at radius 3 is 2.62 bits per heavy atom. The number of aromatic nitrogens is 3. The zero-order valence-corrected chi connectivity index (χ0v) is 18.5. The fraction of sp³-hybridized carbons (Fsp3) is 0.250. The fourth-order valence-electron chi connectivity index (χ4n) is 3.82. The van der Waals surface area contributed by atoms with E-state index in [1.165, 1.54) is 18.6 Å². The summed E-state index contributed by atoms with van der Waals surface area (Å²) in [4.78, 5) is 37.3. The van der Waals surface area contributed by atoms with Gasteiger partial charge in [-0.1, -0.05) is 6.07 Å². The number of pyridine rings is 1. The van der Waals surface area contributed by atoms with Crippen LogP contribution < -0.4 is 0 Å². The van der Waals surface area contributed by atoms with Gasteiger partial charge in [-0.25, -0.2) is 19.6 Å². The van der Waals surface area contributed by atoms with Gasteiger partial charge in [0.25, 0.3) is 0 Å². The highest BCUT2D eigenvalue weighted by Crippen LogP contribution is 2.29. The van der Waals surface area contributed by atoms with Crippen molar-refractivity contribution in [2.45, 2.75) is 33.1 Å². The molecule has 0 aliphatic carbocycles. The van der Waals surface area contributed by atoms with E-state index in [1.54, 1.807) is 25.1 Å². The fourth-order valence-corrected chi connectivity index (χ4v) is 3.82. The lowest BCUT2D eigenvalue weighted by Crippen LogP contribution is -2.34. The van der Waals surface area contributed by atoms with Crippen molar-refractivity contribution >= 4 is 12.1 Å². The summed E-state index contributed by atoms with van der Waals surface area (Å²) in [6.45, 7) is 3.38. The van der Waals surface area contributed by atoms with E-state index in [0.29, 0.717) is 39.1 Å². The molecule has 0 radical (unpaired) electrons. The molecule has 34 heavy (non-hydrogen) atoms. The lowest BCUT2D eigenvalue weighted by Gasteiger charge is -2.23. The number of aryl methyl sites for hydroxylation is 1. The van der Waals surface area contributed by atoms with Gasteiger partial charge in [0, 0.05) is 29.7 Å². The summed E-state index contributed by atoms with van der Waals surface area (Å²) in [6.07, 6.45) is 2.22. The number of cyclic esters (lactones) is 1. The number of ether oxygens (including phenoxy) is 1. The summed E-state index contributed by atoms with van der Waals surface area (Å²) < 4.78 is 5.04. The van der Waals surface area contributed by atoms with Crippen molar-refractivity contribution in [1.82, 2.24) is 19.9 Å². The van der Waals surface area contributed by atoms with Crippen LogP contribution in [-0.4, -0.2) is 48.7 Å². The molecule has 3 aromatic rings. The number of rotatable bonds is 6. The summed E-state index contributed by atoms with van der Waals surface area (Å²) >= 11 is 0. The van der Waals surface area contributed by atoms with Gasteiger partial charge in [-0.05, 0) is 42.7 Å². The molecule has 1 aliphatic rings. The van der Waals surface area contributed by atoms with Crippen LogP contribution in [0.4, 0.5) is 4.79 Å². The molecule has 1 atom stereocenters. The lowest BCUT2D eigenvalue weighted by molar-refractivity contribution is 0.0534. The first-order chi connectivity index (χ1) is 16.3. The second kappa shape index (κ2) is 9.25. The third kappa shape index (κ3) is 4.42. The van der Waals surface area contributed by atoms with Crippen molar-refractivity contribution < 1.29 is 24.5 Å². The molecular weight excluding hydrogens is 438 g/mol. The largest absolute Gasteiger partial charge is 0.465 e. The van der Waals surface area contributed by atoms with E-state index in [1.807, 2.05) is 6.92 Å². The van der Waals surface area contributed by atoms with E-state index in [2.05, 4.69) is 21.0 Å². The third-order valence-corrected chi connectivity index (χ3v) is 5.80. The second-order valence-electron chi connectivity index (χ2n) is 7.95. The number of carbonyl (C=O) groups is 2. The Hall–Kier alpha value is -4.36. The van der Waals surface area contributed by atoms with Gasteiger partial charge < -0.3 is 14.9 Å². The number of fused-ring (bicyclic) bond motifs is 1. The number of aliphatic hydroxyl groups is 1. The van der Waals surface area contributed by atoms with Crippen LogP contribution >= 0.6 is 0 Å². The highest BCUT2D eigenvalue weighted by Gasteiger charge is 2.27. The van der Waals surface area contributed by atoms with Crippen LogP contribution in [-0.2, 0) is 17.9 Å². The number of hydrogen-bond donors (Lipinski definition) is 2. The van der Waals surface area contributed by atoms with Crippen molar-refractivity contribution in [3.8, 4) is 17.3 Å². The van der Waals surface area contributed by atoms with Gasteiger partial charge in [-0.15, -0.1) is 0 Å². The maximum absolute atomic E-state index is 11.8. The smallest absolute Gasteiger partial charge is 0.407 e. The van der Waals surface area contributed by atoms with Gasteiger partial charge in [0.05, 0.1) is 36.0 Å². The highest BCUT2D eigenvalue weighted by molar-refractivity contribution is 5.94. The summed E-state index contributed by atoms with van der Waals surface area (Å²) in [7, 11) is 0. The van der Waals surface area contributed by atoms with E-state index in [-0.39, 0.29) is 25.5 Å². The van der Waals surface area contributed by atoms with Gasteiger partial charge in [0.15, 0.2) is 0 Å². The van der Waals surface area contributed by atoms with Crippen LogP contribution in [0.25, 0.3) is 11.3 Å². The van der Waals surface area contributed by atoms with Crippen LogP contribution in [0.2, 0.25) is 0 Å². The molecule has 2 N–H and O–H groups in total. The molecule has 0 spiro atoms. The number of hydrogen-bond acceptors (Lipinski definition) is 8. The molecule has 0 bridgehead atoms. The Kier molecular flexibility index (Phi) is 6.21. The van der Waals surface area contributed by atoms with Crippen LogP contribution in [0.1, 0.15) is 50.1 Å². The minimum atomic E-state index is -1.23. The predicted molar refractivity (Wildman–Crippen MR) is 118 cm³/mol. The Morgan fingerprint density at radius 1 is 1.24 bits per heavy atom. The number of esters is 1. The number of aliphatic hydroxyl groups excluding tert-OH is 1. The van der Waals surface area contributed by atoms with Gasteiger partial charge in [0.2, 0.25) is 0 Å². The first kappa shape index (κ1) is 22.8. The molecule has 1 aromatic carbocycles. The highest BCUT2D eigenvalue weighted by atomic mass is 16.5. The first-order valence-electron chi connectivity index (χ1n) is 10.4. The Morgan fingerprint density at radius 2 is 1.97 bits per heavy atom. The molecule has 4 rings (SSSR count). The zero-order valence-electron chi connectivity index (χ0n) is 18.5. The number of carbonyl (C=O) groups excluding carboxylic acids is 1. The quantitative estimate of drug-likeness (QED) is 0.530. The molecule has 172 valence electrons. The molecular formula is C24H21N5O5. The molecule has 10 nitrogen and oxygen atoms in total. The number of amides is 1. The number of nitriles is 1. The standard InChI is InChI=1S/C24H21N5O5/c1-13-5-20(26-7-15(13)6-25)16-8-27-22(28-9-16)11-29(24(32)33)10-21(30)17-3-4-18-19(14(17)2)12-34-23(18)31/h3-5,7-9,21,30H,10-12H2,1-2H3,(H,32,33)/t21-/m0/s1. The van der Waals surface area contributed by atoms with Crippen LogP contribution in [0.15, 0.2) is 36.8 Å². The van der Waals surface area contributed by atoms with E-state index >= 15 is 0 Å². The van der Waals surface area contributed by atoms with Crippen LogP contribution in [0.3, 0.4) is 0 Å². The van der Waals surface area contributed by atoms with E-state index < -0.39 is 18.2 Å². The average molecular weight is 459 g/mol. The second-order valence-corrected chi connectivity index (χ2v) is 7.95. The summed E-state index contributed by atoms with van der Waals surface area (Å²) in [6, 6.07) is 7.02. The Labute approximate surface area is 195 Å². The van der Waals surface area contributed by atoms with Crippen molar-refractivity contribution in [3.63, 3.8) is 0 Å². The van der Waals surface area contributed by atoms with E-state index in [0.717, 1.165) is 10.5 Å². The van der Waals surface area contributed by atoms with Gasteiger partial charge in [-0.2, -0.15) is 5.26 Å². The van der Waals surface area contributed by atoms with Crippen molar-refractivity contribution in [2.75, 3.05) is 6.54 Å². The maximum Gasteiger partial charge on any atom is 0.407 e. The monoisotopic (exact) mass is 459 g/mol. The number of benzene rings is 1. The van der Waals surface area contributed by atoms with Gasteiger partial charge in [0.1, 0.15) is 18.5 Å². The predicted octanol–water partition coefficient (Wildman–Crippen LogP) is 2.91. The topological polar surface area (TPSA) is 150 Å². The van der Waals surface area contributed by atoms with Crippen molar-refractivity contribution in [3.05, 3.63) is 76.0 Å². The normalized spacial score (nSPS) is 13.1. The summed E-state index contributed by atoms with van der Waals surface area (Å²) in [5, 5.41) is 29.5. The molecule has 0 unspecified atom stereocenters. The SMILES string of the molecule is Cc1cc(-c2cnc(CN(C[C@H](O)c3ccc4c(c3C)COC4=O)C(=O)O)nc2)ncc1C#N. The molecule has 1 amide bonds. The molecule has 0 fully saturated rings. The summed E-state index contributed by atoms with van der Waals surface area (Å²) in [5.74, 6) is -0.147. The molecule has 10 heteroatoms. The van der Waals surface area contributed by atoms with Crippen LogP contribution in [0.5, 0.6) is 0 Å². The molecule has 0 saturated carbocycles. The Balaban J connectivity index is 1.49. The van der Waals surface area contributed by atoms with E-state index in [4.69, 9.17) is 10.00 Å². The molecule has 0 saturated heterocycles. The molecule has 1 aliphatic heterocycles. The van der Waals surface area contributed by atoms with Crippen molar-refractivity contribution in [2.24, 2.45) is 0 Å². The van der Waals surface area contributed by atoms with Gasteiger partial charge in [-0.3, -0.25) is 9.88 Å². The first-order valence-corrected chi connectivity index (χ1v) is 10.4. The summed E-state index contributed by atoms with van der Waals surface area (Å²) in [5.41, 5.74) is 4.88. The van der Waals surface area contributed by atoms with Gasteiger partial charge >= 0.3 is 12.1 Å². The number of carboxylic acid groups (broad SMARTS) is 1. The zero-order chi connectivity index (χ0) is 24.4. The third-order valence-electron chi connectivity index (χ3n) is 5.80. The number of nitrogens with zero attached hydrogens (tertiary/aromatic N) is 5. The lowest BCUT2D eigenvalue weighted by atomic mass is 9.95. The minimum absolute atomic E-state index is 0.127. The van der Waals surface area contributed by atoms with Crippen molar-refractivity contribution in [1.29, 1.82) is 5.26 Å². The molecule has 3 heterocycles.